The summed E-state index contributed by atoms with van der Waals surface area (Å²) in [6.07, 6.45) is 3.44. The zero-order chi connectivity index (χ0) is 11.4. The third kappa shape index (κ3) is 2.61. The fraction of sp³-hybridized carbons (Fsp3) is 0.154. The predicted molar refractivity (Wildman–Crippen MR) is 68.1 cm³/mol. The Morgan fingerprint density at radius 1 is 1.31 bits per heavy atom. The number of hydrogen-bond acceptors (Lipinski definition) is 2. The Labute approximate surface area is 103 Å². The second-order valence-electron chi connectivity index (χ2n) is 3.54. The van der Waals surface area contributed by atoms with Crippen molar-refractivity contribution in [3.8, 4) is 11.5 Å². The standard InChI is InChI=1S/C13H12BrNO/c1-10-4-5-13(11(7-10)8-14)16-12-3-2-6-15-9-12/h2-7,9H,8H2,1H3. The number of pyridine rings is 1. The van der Waals surface area contributed by atoms with Gasteiger partial charge in [-0.15, -0.1) is 0 Å². The Morgan fingerprint density at radius 3 is 2.88 bits per heavy atom. The Morgan fingerprint density at radius 2 is 2.19 bits per heavy atom. The molecule has 1 aromatic heterocycles. The Hall–Kier alpha value is -1.35. The number of nitrogens with zero attached hydrogens (tertiary/aromatic N) is 1. The summed E-state index contributed by atoms with van der Waals surface area (Å²) in [5.74, 6) is 1.63. The lowest BCUT2D eigenvalue weighted by Gasteiger charge is -2.09. The van der Waals surface area contributed by atoms with E-state index < -0.39 is 0 Å². The molecule has 0 fully saturated rings. The van der Waals surface area contributed by atoms with Crippen LogP contribution in [0.3, 0.4) is 0 Å². The third-order valence-corrected chi connectivity index (χ3v) is 2.83. The molecule has 0 atom stereocenters. The second kappa shape index (κ2) is 5.12. The van der Waals surface area contributed by atoms with E-state index in [0.29, 0.717) is 0 Å². The molecule has 0 saturated heterocycles. The summed E-state index contributed by atoms with van der Waals surface area (Å²) in [5.41, 5.74) is 2.37. The normalized spacial score (nSPS) is 10.1. The zero-order valence-corrected chi connectivity index (χ0v) is 10.6. The minimum Gasteiger partial charge on any atom is -0.455 e. The maximum absolute atomic E-state index is 5.76. The average Bonchev–Trinajstić information content (AvgIpc) is 2.33. The van der Waals surface area contributed by atoms with Gasteiger partial charge in [-0.05, 0) is 25.1 Å². The Bertz CT molecular complexity index is 471. The first kappa shape index (κ1) is 11.1. The van der Waals surface area contributed by atoms with E-state index in [1.807, 2.05) is 24.3 Å². The van der Waals surface area contributed by atoms with Gasteiger partial charge in [-0.25, -0.2) is 0 Å². The first-order valence-corrected chi connectivity index (χ1v) is 6.15. The van der Waals surface area contributed by atoms with E-state index in [9.17, 15) is 0 Å². The van der Waals surface area contributed by atoms with E-state index >= 15 is 0 Å². The van der Waals surface area contributed by atoms with Gasteiger partial charge in [-0.3, -0.25) is 4.98 Å². The van der Waals surface area contributed by atoms with E-state index in [1.54, 1.807) is 12.4 Å². The lowest BCUT2D eigenvalue weighted by Crippen LogP contribution is -1.90. The van der Waals surface area contributed by atoms with Gasteiger partial charge >= 0.3 is 0 Å². The van der Waals surface area contributed by atoms with E-state index in [0.717, 1.165) is 22.4 Å². The van der Waals surface area contributed by atoms with Crippen LogP contribution in [-0.4, -0.2) is 4.98 Å². The van der Waals surface area contributed by atoms with Crippen LogP contribution >= 0.6 is 15.9 Å². The molecule has 0 aliphatic rings. The molecule has 3 heteroatoms. The minimum absolute atomic E-state index is 0.758. The molecule has 0 bridgehead atoms. The largest absolute Gasteiger partial charge is 0.455 e. The second-order valence-corrected chi connectivity index (χ2v) is 4.10. The number of rotatable bonds is 3. The molecule has 2 aromatic rings. The van der Waals surface area contributed by atoms with Gasteiger partial charge in [0.15, 0.2) is 0 Å². The van der Waals surface area contributed by atoms with E-state index in [4.69, 9.17) is 4.74 Å². The van der Waals surface area contributed by atoms with Crippen molar-refractivity contribution in [2.45, 2.75) is 12.3 Å². The van der Waals surface area contributed by atoms with E-state index in [-0.39, 0.29) is 0 Å². The molecule has 0 unspecified atom stereocenters. The van der Waals surface area contributed by atoms with Crippen molar-refractivity contribution in [3.63, 3.8) is 0 Å². The van der Waals surface area contributed by atoms with Crippen LogP contribution in [0.15, 0.2) is 42.7 Å². The molecule has 1 heterocycles. The molecule has 0 amide bonds. The van der Waals surface area contributed by atoms with Gasteiger partial charge in [0.25, 0.3) is 0 Å². The van der Waals surface area contributed by atoms with Crippen molar-refractivity contribution >= 4 is 15.9 Å². The van der Waals surface area contributed by atoms with Crippen LogP contribution in [0.1, 0.15) is 11.1 Å². The fourth-order valence-corrected chi connectivity index (χ4v) is 1.88. The molecule has 1 aromatic carbocycles. The highest BCUT2D eigenvalue weighted by molar-refractivity contribution is 9.08. The quantitative estimate of drug-likeness (QED) is 0.789. The van der Waals surface area contributed by atoms with Crippen LogP contribution in [0.5, 0.6) is 11.5 Å². The highest BCUT2D eigenvalue weighted by atomic mass is 79.9. The molecule has 16 heavy (non-hydrogen) atoms. The van der Waals surface area contributed by atoms with Gasteiger partial charge < -0.3 is 4.74 Å². The smallest absolute Gasteiger partial charge is 0.145 e. The molecular weight excluding hydrogens is 266 g/mol. The number of ether oxygens (including phenoxy) is 1. The molecule has 0 spiro atoms. The van der Waals surface area contributed by atoms with Crippen LogP contribution in [0.4, 0.5) is 0 Å². The van der Waals surface area contributed by atoms with Gasteiger partial charge in [0, 0.05) is 17.1 Å². The topological polar surface area (TPSA) is 22.1 Å². The van der Waals surface area contributed by atoms with Crippen LogP contribution < -0.4 is 4.74 Å². The maximum atomic E-state index is 5.76. The number of hydrogen-bond donors (Lipinski definition) is 0. The number of aromatic nitrogens is 1. The Kier molecular flexibility index (Phi) is 3.57. The van der Waals surface area contributed by atoms with Crippen LogP contribution in [0.2, 0.25) is 0 Å². The third-order valence-electron chi connectivity index (χ3n) is 2.22. The SMILES string of the molecule is Cc1ccc(Oc2cccnc2)c(CBr)c1. The zero-order valence-electron chi connectivity index (χ0n) is 8.98. The van der Waals surface area contributed by atoms with E-state index in [2.05, 4.69) is 33.9 Å². The summed E-state index contributed by atoms with van der Waals surface area (Å²) in [6, 6.07) is 9.89. The molecule has 0 N–H and O–H groups in total. The molecule has 0 aliphatic heterocycles. The average molecular weight is 278 g/mol. The number of benzene rings is 1. The Balaban J connectivity index is 2.28. The summed E-state index contributed by atoms with van der Waals surface area (Å²) in [4.78, 5) is 4.02. The van der Waals surface area contributed by atoms with Gasteiger partial charge in [-0.2, -0.15) is 0 Å². The van der Waals surface area contributed by atoms with Crippen molar-refractivity contribution in [2.75, 3.05) is 0 Å². The minimum atomic E-state index is 0.758. The number of halogens is 1. The summed E-state index contributed by atoms with van der Waals surface area (Å²) >= 11 is 3.46. The van der Waals surface area contributed by atoms with Gasteiger partial charge in [0.1, 0.15) is 11.5 Å². The molecule has 0 aliphatic carbocycles. The maximum Gasteiger partial charge on any atom is 0.145 e. The van der Waals surface area contributed by atoms with Crippen molar-refractivity contribution in [2.24, 2.45) is 0 Å². The molecule has 0 radical (unpaired) electrons. The molecule has 2 rings (SSSR count). The number of alkyl halides is 1. The lowest BCUT2D eigenvalue weighted by molar-refractivity contribution is 0.476. The van der Waals surface area contributed by atoms with Crippen LogP contribution in [0, 0.1) is 6.92 Å². The highest BCUT2D eigenvalue weighted by Gasteiger charge is 2.04. The summed E-state index contributed by atoms with van der Waals surface area (Å²) in [7, 11) is 0. The van der Waals surface area contributed by atoms with Gasteiger partial charge in [-0.1, -0.05) is 33.6 Å². The van der Waals surface area contributed by atoms with Crippen LogP contribution in [0.25, 0.3) is 0 Å². The van der Waals surface area contributed by atoms with Crippen molar-refractivity contribution in [1.82, 2.24) is 4.98 Å². The molecular formula is C13H12BrNO. The fourth-order valence-electron chi connectivity index (χ4n) is 1.45. The lowest BCUT2D eigenvalue weighted by atomic mass is 10.1. The predicted octanol–water partition coefficient (Wildman–Crippen LogP) is 4.08. The highest BCUT2D eigenvalue weighted by Crippen LogP contribution is 2.27. The van der Waals surface area contributed by atoms with Crippen molar-refractivity contribution < 1.29 is 4.74 Å². The number of aryl methyl sites for hydroxylation is 1. The molecule has 2 nitrogen and oxygen atoms in total. The van der Waals surface area contributed by atoms with E-state index in [1.165, 1.54) is 5.56 Å². The monoisotopic (exact) mass is 277 g/mol. The summed E-state index contributed by atoms with van der Waals surface area (Å²) in [6.45, 7) is 2.07. The van der Waals surface area contributed by atoms with Crippen LogP contribution in [-0.2, 0) is 5.33 Å². The summed E-state index contributed by atoms with van der Waals surface area (Å²) in [5, 5.41) is 0.782. The van der Waals surface area contributed by atoms with Crippen molar-refractivity contribution in [1.29, 1.82) is 0 Å². The first-order chi connectivity index (χ1) is 7.79. The first-order valence-electron chi connectivity index (χ1n) is 5.03. The van der Waals surface area contributed by atoms with Gasteiger partial charge in [0.05, 0.1) is 6.20 Å². The molecule has 82 valence electrons. The van der Waals surface area contributed by atoms with Crippen molar-refractivity contribution in [3.05, 3.63) is 53.9 Å². The molecule has 0 saturated carbocycles. The summed E-state index contributed by atoms with van der Waals surface area (Å²) < 4.78 is 5.76. The van der Waals surface area contributed by atoms with Gasteiger partial charge in [0.2, 0.25) is 0 Å².